The van der Waals surface area contributed by atoms with Gasteiger partial charge in [-0.2, -0.15) is 0 Å². The Kier molecular flexibility index (Phi) is 3.42. The molecule has 4 nitrogen and oxygen atoms in total. The van der Waals surface area contributed by atoms with E-state index in [9.17, 15) is 4.79 Å². The van der Waals surface area contributed by atoms with Gasteiger partial charge in [-0.25, -0.2) is 4.98 Å². The second-order valence-electron chi connectivity index (χ2n) is 5.69. The number of nitrogens with one attached hydrogen (secondary N) is 1. The summed E-state index contributed by atoms with van der Waals surface area (Å²) in [5.41, 5.74) is 2.53. The standard InChI is InChI=1S/C19H16N2O2/c22-19(16-10-12-23-17(16)14-8-9-14)21-18-15(7-4-11-20-18)13-5-2-1-3-6-13/h1-7,10-12,14H,8-9H2,(H,20,21,22). The minimum atomic E-state index is -0.170. The second kappa shape index (κ2) is 5.72. The Bertz CT molecular complexity index is 835. The zero-order valence-electron chi connectivity index (χ0n) is 12.5. The molecule has 0 aliphatic heterocycles. The minimum Gasteiger partial charge on any atom is -0.468 e. The number of anilines is 1. The fraction of sp³-hybridized carbons (Fsp3) is 0.158. The van der Waals surface area contributed by atoms with Gasteiger partial charge in [0.05, 0.1) is 11.8 Å². The predicted octanol–water partition coefficient (Wildman–Crippen LogP) is 4.47. The zero-order chi connectivity index (χ0) is 15.6. The molecule has 0 saturated heterocycles. The Morgan fingerprint density at radius 2 is 1.91 bits per heavy atom. The van der Waals surface area contributed by atoms with Crippen LogP contribution in [0.1, 0.15) is 34.9 Å². The molecule has 0 unspecified atom stereocenters. The van der Waals surface area contributed by atoms with Gasteiger partial charge in [0, 0.05) is 17.7 Å². The molecule has 1 N–H and O–H groups in total. The average Bonchev–Trinajstić information content (AvgIpc) is 3.32. The second-order valence-corrected chi connectivity index (χ2v) is 5.69. The fourth-order valence-corrected chi connectivity index (χ4v) is 2.70. The van der Waals surface area contributed by atoms with Gasteiger partial charge < -0.3 is 9.73 Å². The van der Waals surface area contributed by atoms with E-state index in [4.69, 9.17) is 4.42 Å². The summed E-state index contributed by atoms with van der Waals surface area (Å²) in [5, 5.41) is 2.92. The molecule has 1 aromatic carbocycles. The van der Waals surface area contributed by atoms with Crippen molar-refractivity contribution in [3.8, 4) is 11.1 Å². The van der Waals surface area contributed by atoms with Crippen LogP contribution >= 0.6 is 0 Å². The van der Waals surface area contributed by atoms with E-state index >= 15 is 0 Å². The topological polar surface area (TPSA) is 55.1 Å². The summed E-state index contributed by atoms with van der Waals surface area (Å²) >= 11 is 0. The molecule has 1 aliphatic carbocycles. The highest BCUT2D eigenvalue weighted by Gasteiger charge is 2.31. The van der Waals surface area contributed by atoms with Crippen LogP contribution in [0, 0.1) is 0 Å². The minimum absolute atomic E-state index is 0.170. The van der Waals surface area contributed by atoms with Crippen molar-refractivity contribution < 1.29 is 9.21 Å². The number of nitrogens with zero attached hydrogens (tertiary/aromatic N) is 1. The SMILES string of the molecule is O=C(Nc1ncccc1-c1ccccc1)c1ccoc1C1CC1. The molecule has 2 aromatic heterocycles. The monoisotopic (exact) mass is 304 g/mol. The first kappa shape index (κ1) is 13.8. The normalized spacial score (nSPS) is 13.7. The van der Waals surface area contributed by atoms with Crippen LogP contribution in [0.3, 0.4) is 0 Å². The summed E-state index contributed by atoms with van der Waals surface area (Å²) in [6, 6.07) is 15.4. The van der Waals surface area contributed by atoms with Crippen LogP contribution < -0.4 is 5.32 Å². The number of carbonyl (C=O) groups excluding carboxylic acids is 1. The van der Waals surface area contributed by atoms with Gasteiger partial charge in [0.25, 0.3) is 5.91 Å². The van der Waals surface area contributed by atoms with Gasteiger partial charge in [-0.1, -0.05) is 30.3 Å². The van der Waals surface area contributed by atoms with Crippen molar-refractivity contribution in [1.29, 1.82) is 0 Å². The predicted molar refractivity (Wildman–Crippen MR) is 88.3 cm³/mol. The molecule has 114 valence electrons. The van der Waals surface area contributed by atoms with Gasteiger partial charge in [-0.05, 0) is 36.6 Å². The lowest BCUT2D eigenvalue weighted by Crippen LogP contribution is -2.14. The molecule has 0 atom stereocenters. The number of benzene rings is 1. The van der Waals surface area contributed by atoms with Gasteiger partial charge in [-0.3, -0.25) is 4.79 Å². The molecule has 0 radical (unpaired) electrons. The fourth-order valence-electron chi connectivity index (χ4n) is 2.70. The summed E-state index contributed by atoms with van der Waals surface area (Å²) in [7, 11) is 0. The third kappa shape index (κ3) is 2.75. The van der Waals surface area contributed by atoms with Gasteiger partial charge in [-0.15, -0.1) is 0 Å². The zero-order valence-corrected chi connectivity index (χ0v) is 12.5. The highest BCUT2D eigenvalue weighted by molar-refractivity contribution is 6.06. The van der Waals surface area contributed by atoms with E-state index in [-0.39, 0.29) is 5.91 Å². The molecular formula is C19H16N2O2. The van der Waals surface area contributed by atoms with Crippen LogP contribution in [-0.4, -0.2) is 10.9 Å². The molecule has 1 aliphatic rings. The molecule has 1 amide bonds. The Balaban J connectivity index is 1.64. The van der Waals surface area contributed by atoms with E-state index in [0.717, 1.165) is 29.7 Å². The van der Waals surface area contributed by atoms with Crippen LogP contribution in [0.2, 0.25) is 0 Å². The number of pyridine rings is 1. The average molecular weight is 304 g/mol. The molecule has 0 bridgehead atoms. The number of amides is 1. The Morgan fingerprint density at radius 3 is 2.70 bits per heavy atom. The van der Waals surface area contributed by atoms with Crippen molar-refractivity contribution in [3.63, 3.8) is 0 Å². The molecule has 1 fully saturated rings. The summed E-state index contributed by atoms with van der Waals surface area (Å²) in [6.45, 7) is 0. The quantitative estimate of drug-likeness (QED) is 0.773. The molecule has 1 saturated carbocycles. The number of aromatic nitrogens is 1. The molecule has 4 rings (SSSR count). The summed E-state index contributed by atoms with van der Waals surface area (Å²) in [4.78, 5) is 16.9. The van der Waals surface area contributed by atoms with E-state index in [0.29, 0.717) is 17.3 Å². The van der Waals surface area contributed by atoms with E-state index < -0.39 is 0 Å². The van der Waals surface area contributed by atoms with Crippen molar-refractivity contribution in [2.24, 2.45) is 0 Å². The molecule has 2 heterocycles. The number of rotatable bonds is 4. The van der Waals surface area contributed by atoms with E-state index in [1.807, 2.05) is 42.5 Å². The van der Waals surface area contributed by atoms with E-state index in [2.05, 4.69) is 10.3 Å². The number of hydrogen-bond donors (Lipinski definition) is 1. The maximum Gasteiger partial charge on any atom is 0.260 e. The molecule has 23 heavy (non-hydrogen) atoms. The van der Waals surface area contributed by atoms with Crippen molar-refractivity contribution in [1.82, 2.24) is 4.98 Å². The summed E-state index contributed by atoms with van der Waals surface area (Å²) in [5.74, 6) is 1.57. The highest BCUT2D eigenvalue weighted by atomic mass is 16.3. The van der Waals surface area contributed by atoms with Crippen molar-refractivity contribution >= 4 is 11.7 Å². The lowest BCUT2D eigenvalue weighted by atomic mass is 10.1. The number of carbonyl (C=O) groups is 1. The third-order valence-corrected chi connectivity index (χ3v) is 4.01. The lowest BCUT2D eigenvalue weighted by Gasteiger charge is -2.10. The first-order valence-electron chi connectivity index (χ1n) is 7.72. The van der Waals surface area contributed by atoms with Crippen molar-refractivity contribution in [3.05, 3.63) is 72.3 Å². The Morgan fingerprint density at radius 1 is 1.09 bits per heavy atom. The van der Waals surface area contributed by atoms with Gasteiger partial charge >= 0.3 is 0 Å². The highest BCUT2D eigenvalue weighted by Crippen LogP contribution is 2.42. The largest absolute Gasteiger partial charge is 0.468 e. The molecular weight excluding hydrogens is 288 g/mol. The van der Waals surface area contributed by atoms with E-state index in [1.54, 1.807) is 18.5 Å². The lowest BCUT2D eigenvalue weighted by molar-refractivity contribution is 0.102. The first-order valence-corrected chi connectivity index (χ1v) is 7.72. The Labute approximate surface area is 134 Å². The maximum atomic E-state index is 12.6. The van der Waals surface area contributed by atoms with Crippen LogP contribution in [0.4, 0.5) is 5.82 Å². The Hall–Kier alpha value is -2.88. The first-order chi connectivity index (χ1) is 11.3. The molecule has 0 spiro atoms. The van der Waals surface area contributed by atoms with Gasteiger partial charge in [0.2, 0.25) is 0 Å². The smallest absolute Gasteiger partial charge is 0.260 e. The van der Waals surface area contributed by atoms with Crippen LogP contribution in [0.15, 0.2) is 65.4 Å². The molecule has 4 heteroatoms. The van der Waals surface area contributed by atoms with Gasteiger partial charge in [0.1, 0.15) is 11.6 Å². The third-order valence-electron chi connectivity index (χ3n) is 4.01. The number of furan rings is 1. The van der Waals surface area contributed by atoms with E-state index in [1.165, 1.54) is 0 Å². The van der Waals surface area contributed by atoms with Crippen LogP contribution in [0.5, 0.6) is 0 Å². The van der Waals surface area contributed by atoms with Crippen molar-refractivity contribution in [2.45, 2.75) is 18.8 Å². The molecule has 3 aromatic rings. The summed E-state index contributed by atoms with van der Waals surface area (Å²) in [6.07, 6.45) is 5.44. The van der Waals surface area contributed by atoms with Gasteiger partial charge in [0.15, 0.2) is 0 Å². The van der Waals surface area contributed by atoms with Crippen LogP contribution in [0.25, 0.3) is 11.1 Å². The summed E-state index contributed by atoms with van der Waals surface area (Å²) < 4.78 is 5.48. The maximum absolute atomic E-state index is 12.6. The van der Waals surface area contributed by atoms with Crippen molar-refractivity contribution in [2.75, 3.05) is 5.32 Å². The number of hydrogen-bond acceptors (Lipinski definition) is 3. The van der Waals surface area contributed by atoms with Crippen LogP contribution in [-0.2, 0) is 0 Å².